The lowest BCUT2D eigenvalue weighted by Gasteiger charge is -2.23. The molecule has 38 heavy (non-hydrogen) atoms. The van der Waals surface area contributed by atoms with E-state index in [2.05, 4.69) is 10.3 Å². The van der Waals surface area contributed by atoms with Gasteiger partial charge in [0.25, 0.3) is 0 Å². The van der Waals surface area contributed by atoms with Crippen LogP contribution in [-0.4, -0.2) is 35.9 Å². The predicted molar refractivity (Wildman–Crippen MR) is 130 cm³/mol. The van der Waals surface area contributed by atoms with E-state index in [0.29, 0.717) is 25.6 Å². The summed E-state index contributed by atoms with van der Waals surface area (Å²) in [7, 11) is 0. The van der Waals surface area contributed by atoms with E-state index in [1.807, 2.05) is 30.3 Å². The first-order valence-corrected chi connectivity index (χ1v) is 12.3. The zero-order valence-corrected chi connectivity index (χ0v) is 20.4. The average Bonchev–Trinajstić information content (AvgIpc) is 3.71. The van der Waals surface area contributed by atoms with Gasteiger partial charge in [-0.15, -0.1) is 0 Å². The number of aliphatic hydroxyl groups excluding tert-OH is 1. The quantitative estimate of drug-likeness (QED) is 0.276. The Balaban J connectivity index is 1.49. The number of aromatic nitrogens is 1. The van der Waals surface area contributed by atoms with Crippen LogP contribution in [0.15, 0.2) is 66.7 Å². The maximum Gasteiger partial charge on any atom is 0.433 e. The van der Waals surface area contributed by atoms with Crippen molar-refractivity contribution in [2.45, 2.75) is 43.8 Å². The van der Waals surface area contributed by atoms with Crippen LogP contribution in [-0.2, 0) is 23.5 Å². The third kappa shape index (κ3) is 7.78. The van der Waals surface area contributed by atoms with E-state index >= 15 is 0 Å². The van der Waals surface area contributed by atoms with Crippen LogP contribution in [0.25, 0.3) is 11.3 Å². The second kappa shape index (κ2) is 11.8. The summed E-state index contributed by atoms with van der Waals surface area (Å²) in [5.41, 5.74) is -1.65. The maximum absolute atomic E-state index is 13.9. The predicted octanol–water partition coefficient (Wildman–Crippen LogP) is 6.45. The Kier molecular flexibility index (Phi) is 8.74. The van der Waals surface area contributed by atoms with E-state index in [1.165, 1.54) is 6.07 Å². The molecule has 10 heteroatoms. The largest absolute Gasteiger partial charge is 0.433 e. The maximum atomic E-state index is 13.9. The molecule has 0 spiro atoms. The van der Waals surface area contributed by atoms with Crippen molar-refractivity contribution in [3.8, 4) is 11.3 Å². The molecule has 1 aliphatic carbocycles. The highest BCUT2D eigenvalue weighted by atomic mass is 19.4. The SMILES string of the molecule is O[C@H](CNC(COCC1CC1)Cc1ccccc1)c1ccc(-c2ccc(C(F)(F)F)cc2)nc1C(F)(F)F. The summed E-state index contributed by atoms with van der Waals surface area (Å²) in [6.07, 6.45) is -8.14. The van der Waals surface area contributed by atoms with E-state index in [0.717, 1.165) is 48.7 Å². The molecular weight excluding hydrogens is 510 g/mol. The number of ether oxygens (including phenoxy) is 1. The van der Waals surface area contributed by atoms with E-state index in [1.54, 1.807) is 0 Å². The molecule has 1 unspecified atom stereocenters. The molecular formula is C28H28F6N2O2. The Morgan fingerprint density at radius 2 is 1.58 bits per heavy atom. The number of hydrogen-bond donors (Lipinski definition) is 2. The van der Waals surface area contributed by atoms with Gasteiger partial charge in [-0.1, -0.05) is 48.5 Å². The van der Waals surface area contributed by atoms with Crippen LogP contribution in [0.1, 0.15) is 41.3 Å². The van der Waals surface area contributed by atoms with Crippen LogP contribution < -0.4 is 5.32 Å². The Morgan fingerprint density at radius 1 is 0.895 bits per heavy atom. The van der Waals surface area contributed by atoms with Crippen LogP contribution >= 0.6 is 0 Å². The molecule has 1 heterocycles. The Labute approximate surface area is 216 Å². The summed E-state index contributed by atoms with van der Waals surface area (Å²) in [5.74, 6) is 0.557. The monoisotopic (exact) mass is 538 g/mol. The van der Waals surface area contributed by atoms with E-state index in [-0.39, 0.29) is 23.8 Å². The minimum atomic E-state index is -4.88. The second-order valence-electron chi connectivity index (χ2n) is 9.50. The van der Waals surface area contributed by atoms with Gasteiger partial charge in [-0.2, -0.15) is 26.3 Å². The van der Waals surface area contributed by atoms with Crippen molar-refractivity contribution in [2.24, 2.45) is 5.92 Å². The van der Waals surface area contributed by atoms with Crippen LogP contribution in [0.5, 0.6) is 0 Å². The number of hydrogen-bond acceptors (Lipinski definition) is 4. The Morgan fingerprint density at radius 3 is 2.18 bits per heavy atom. The fourth-order valence-electron chi connectivity index (χ4n) is 4.09. The summed E-state index contributed by atoms with van der Waals surface area (Å²) in [4.78, 5) is 3.68. The van der Waals surface area contributed by atoms with Crippen molar-refractivity contribution in [3.63, 3.8) is 0 Å². The molecule has 1 aliphatic rings. The van der Waals surface area contributed by atoms with Crippen molar-refractivity contribution >= 4 is 0 Å². The van der Waals surface area contributed by atoms with E-state index in [9.17, 15) is 31.4 Å². The first-order valence-electron chi connectivity index (χ1n) is 12.3. The molecule has 1 fully saturated rings. The first-order chi connectivity index (χ1) is 18.0. The third-order valence-electron chi connectivity index (χ3n) is 6.36. The minimum Gasteiger partial charge on any atom is -0.387 e. The molecule has 2 N–H and O–H groups in total. The molecule has 1 aromatic heterocycles. The molecule has 0 amide bonds. The third-order valence-corrected chi connectivity index (χ3v) is 6.36. The van der Waals surface area contributed by atoms with Gasteiger partial charge < -0.3 is 15.2 Å². The number of nitrogens with zero attached hydrogens (tertiary/aromatic N) is 1. The van der Waals surface area contributed by atoms with Gasteiger partial charge in [0.1, 0.15) is 0 Å². The summed E-state index contributed by atoms with van der Waals surface area (Å²) in [5, 5.41) is 13.9. The van der Waals surface area contributed by atoms with E-state index in [4.69, 9.17) is 4.74 Å². The summed E-state index contributed by atoms with van der Waals surface area (Å²) < 4.78 is 86.0. The van der Waals surface area contributed by atoms with Gasteiger partial charge in [0.05, 0.1) is 24.0 Å². The van der Waals surface area contributed by atoms with Gasteiger partial charge in [-0.25, -0.2) is 4.98 Å². The zero-order valence-electron chi connectivity index (χ0n) is 20.4. The molecule has 0 radical (unpaired) electrons. The first kappa shape index (κ1) is 28.1. The lowest BCUT2D eigenvalue weighted by Crippen LogP contribution is -2.38. The van der Waals surface area contributed by atoms with Gasteiger partial charge in [-0.05, 0) is 48.9 Å². The normalized spacial score (nSPS) is 15.9. The fourth-order valence-corrected chi connectivity index (χ4v) is 4.09. The molecule has 204 valence electrons. The zero-order chi connectivity index (χ0) is 27.3. The highest BCUT2D eigenvalue weighted by Crippen LogP contribution is 2.36. The van der Waals surface area contributed by atoms with Crippen molar-refractivity contribution in [1.82, 2.24) is 10.3 Å². The number of pyridine rings is 1. The summed E-state index contributed by atoms with van der Waals surface area (Å²) in [6.45, 7) is 0.799. The van der Waals surface area contributed by atoms with Gasteiger partial charge >= 0.3 is 12.4 Å². The van der Waals surface area contributed by atoms with E-state index < -0.39 is 35.3 Å². The van der Waals surface area contributed by atoms with Gasteiger partial charge in [0.2, 0.25) is 0 Å². The highest BCUT2D eigenvalue weighted by Gasteiger charge is 2.37. The lowest BCUT2D eigenvalue weighted by atomic mass is 10.0. The van der Waals surface area contributed by atoms with Crippen molar-refractivity contribution < 1.29 is 36.2 Å². The molecule has 1 saturated carbocycles. The molecule has 4 rings (SSSR count). The standard InChI is InChI=1S/C28H28F6N2O2/c29-27(30,31)21-10-8-20(9-11-21)24-13-12-23(26(36-24)28(32,33)34)25(37)15-35-22(17-38-16-19-6-7-19)14-18-4-2-1-3-5-18/h1-5,8-13,19,22,25,35,37H,6-7,14-17H2/t22?,25-/m1/s1. The number of halogens is 6. The van der Waals surface area contributed by atoms with Crippen LogP contribution in [0.3, 0.4) is 0 Å². The smallest absolute Gasteiger partial charge is 0.387 e. The highest BCUT2D eigenvalue weighted by molar-refractivity contribution is 5.60. The summed E-state index contributed by atoms with van der Waals surface area (Å²) in [6, 6.07) is 15.4. The second-order valence-corrected chi connectivity index (χ2v) is 9.50. The molecule has 0 bridgehead atoms. The Hall–Kier alpha value is -2.95. The van der Waals surface area contributed by atoms with Crippen LogP contribution in [0, 0.1) is 5.92 Å². The van der Waals surface area contributed by atoms with Gasteiger partial charge in [0.15, 0.2) is 5.69 Å². The molecule has 2 aromatic carbocycles. The average molecular weight is 539 g/mol. The number of benzene rings is 2. The lowest BCUT2D eigenvalue weighted by molar-refractivity contribution is -0.142. The number of aliphatic hydroxyl groups is 1. The van der Waals surface area contributed by atoms with Gasteiger partial charge in [-0.3, -0.25) is 0 Å². The molecule has 4 nitrogen and oxygen atoms in total. The molecule has 0 saturated heterocycles. The van der Waals surface area contributed by atoms with Crippen LogP contribution in [0.4, 0.5) is 26.3 Å². The molecule has 0 aliphatic heterocycles. The summed E-state index contributed by atoms with van der Waals surface area (Å²) >= 11 is 0. The number of rotatable bonds is 11. The topological polar surface area (TPSA) is 54.4 Å². The number of nitrogens with one attached hydrogen (secondary N) is 1. The van der Waals surface area contributed by atoms with Crippen molar-refractivity contribution in [1.29, 1.82) is 0 Å². The molecule has 3 aromatic rings. The molecule has 2 atom stereocenters. The minimum absolute atomic E-state index is 0.0957. The Bertz CT molecular complexity index is 1180. The van der Waals surface area contributed by atoms with Crippen LogP contribution in [0.2, 0.25) is 0 Å². The fraction of sp³-hybridized carbons (Fsp3) is 0.393. The van der Waals surface area contributed by atoms with Crippen molar-refractivity contribution in [3.05, 3.63) is 89.1 Å². The van der Waals surface area contributed by atoms with Gasteiger partial charge in [0, 0.05) is 30.3 Å². The van der Waals surface area contributed by atoms with Crippen molar-refractivity contribution in [2.75, 3.05) is 19.8 Å². The number of alkyl halides is 6.